The van der Waals surface area contributed by atoms with Gasteiger partial charge in [0.25, 0.3) is 0 Å². The standard InChI is InChI=1S/C14H17BrFN3/c1-9(18)11-4-2-3-7-19(11)12-6-5-10(8-17)13(15)14(12)16/h5-6,9,11H,2-4,7,18H2,1H3. The van der Waals surface area contributed by atoms with E-state index in [-0.39, 0.29) is 22.4 Å². The van der Waals surface area contributed by atoms with Crippen LogP contribution in [-0.4, -0.2) is 18.6 Å². The van der Waals surface area contributed by atoms with Crippen LogP contribution in [0.25, 0.3) is 0 Å². The summed E-state index contributed by atoms with van der Waals surface area (Å²) in [6, 6.07) is 5.45. The van der Waals surface area contributed by atoms with Gasteiger partial charge in [-0.15, -0.1) is 0 Å². The van der Waals surface area contributed by atoms with E-state index in [0.717, 1.165) is 25.8 Å². The van der Waals surface area contributed by atoms with Gasteiger partial charge in [-0.25, -0.2) is 4.39 Å². The van der Waals surface area contributed by atoms with Crippen molar-refractivity contribution in [2.24, 2.45) is 5.73 Å². The van der Waals surface area contributed by atoms with Crippen molar-refractivity contribution in [3.8, 4) is 6.07 Å². The molecule has 0 saturated carbocycles. The molecular weight excluding hydrogens is 309 g/mol. The van der Waals surface area contributed by atoms with Gasteiger partial charge in [-0.1, -0.05) is 0 Å². The first kappa shape index (κ1) is 14.3. The van der Waals surface area contributed by atoms with Crippen LogP contribution >= 0.6 is 15.9 Å². The molecule has 102 valence electrons. The van der Waals surface area contributed by atoms with Crippen LogP contribution < -0.4 is 10.6 Å². The molecule has 0 amide bonds. The number of benzene rings is 1. The molecule has 0 aromatic heterocycles. The largest absolute Gasteiger partial charge is 0.365 e. The summed E-state index contributed by atoms with van der Waals surface area (Å²) < 4.78 is 14.6. The highest BCUT2D eigenvalue weighted by Gasteiger charge is 2.28. The maximum absolute atomic E-state index is 14.4. The number of nitriles is 1. The van der Waals surface area contributed by atoms with E-state index in [1.807, 2.05) is 17.9 Å². The number of piperidine rings is 1. The van der Waals surface area contributed by atoms with Crippen molar-refractivity contribution in [1.29, 1.82) is 5.26 Å². The molecular formula is C14H17BrFN3. The fourth-order valence-corrected chi connectivity index (χ4v) is 3.07. The quantitative estimate of drug-likeness (QED) is 0.908. The number of hydrogen-bond acceptors (Lipinski definition) is 3. The number of hydrogen-bond donors (Lipinski definition) is 1. The Morgan fingerprint density at radius 2 is 2.26 bits per heavy atom. The van der Waals surface area contributed by atoms with Gasteiger partial charge < -0.3 is 10.6 Å². The highest BCUT2D eigenvalue weighted by Crippen LogP contribution is 2.33. The van der Waals surface area contributed by atoms with Crippen LogP contribution in [0.1, 0.15) is 31.7 Å². The van der Waals surface area contributed by atoms with Crippen LogP contribution in [0.2, 0.25) is 0 Å². The summed E-state index contributed by atoms with van der Waals surface area (Å²) in [6.45, 7) is 2.76. The number of halogens is 2. The molecule has 19 heavy (non-hydrogen) atoms. The lowest BCUT2D eigenvalue weighted by molar-refractivity contribution is 0.408. The zero-order valence-electron chi connectivity index (χ0n) is 10.9. The lowest BCUT2D eigenvalue weighted by Crippen LogP contribution is -2.49. The Kier molecular flexibility index (Phi) is 4.43. The minimum absolute atomic E-state index is 0.00545. The molecule has 5 heteroatoms. The molecule has 2 N–H and O–H groups in total. The monoisotopic (exact) mass is 325 g/mol. The van der Waals surface area contributed by atoms with Crippen molar-refractivity contribution >= 4 is 21.6 Å². The van der Waals surface area contributed by atoms with Crippen molar-refractivity contribution in [3.05, 3.63) is 28.0 Å². The van der Waals surface area contributed by atoms with Crippen molar-refractivity contribution in [3.63, 3.8) is 0 Å². The summed E-state index contributed by atoms with van der Waals surface area (Å²) in [7, 11) is 0. The average Bonchev–Trinajstić information content (AvgIpc) is 2.42. The van der Waals surface area contributed by atoms with Crippen LogP contribution in [0.5, 0.6) is 0 Å². The van der Waals surface area contributed by atoms with E-state index in [1.165, 1.54) is 0 Å². The van der Waals surface area contributed by atoms with Crippen molar-refractivity contribution in [2.75, 3.05) is 11.4 Å². The van der Waals surface area contributed by atoms with Crippen molar-refractivity contribution in [2.45, 2.75) is 38.3 Å². The number of nitrogens with zero attached hydrogens (tertiary/aromatic N) is 2. The number of rotatable bonds is 2. The molecule has 0 spiro atoms. The van der Waals surface area contributed by atoms with Crippen LogP contribution in [0.15, 0.2) is 16.6 Å². The minimum atomic E-state index is -0.369. The maximum Gasteiger partial charge on any atom is 0.161 e. The maximum atomic E-state index is 14.4. The molecule has 0 radical (unpaired) electrons. The van der Waals surface area contributed by atoms with Gasteiger partial charge in [0.2, 0.25) is 0 Å². The fourth-order valence-electron chi connectivity index (χ4n) is 2.65. The lowest BCUT2D eigenvalue weighted by Gasteiger charge is -2.40. The molecule has 0 bridgehead atoms. The lowest BCUT2D eigenvalue weighted by atomic mass is 9.96. The van der Waals surface area contributed by atoms with Gasteiger partial charge >= 0.3 is 0 Å². The van der Waals surface area contributed by atoms with E-state index in [1.54, 1.807) is 12.1 Å². The molecule has 1 aliphatic rings. The fraction of sp³-hybridized carbons (Fsp3) is 0.500. The first-order valence-corrected chi connectivity index (χ1v) is 7.26. The Morgan fingerprint density at radius 3 is 2.89 bits per heavy atom. The molecule has 1 fully saturated rings. The molecule has 1 heterocycles. The summed E-state index contributed by atoms with van der Waals surface area (Å²) in [4.78, 5) is 2.04. The Labute approximate surface area is 121 Å². The third-order valence-electron chi connectivity index (χ3n) is 3.65. The number of anilines is 1. The van der Waals surface area contributed by atoms with E-state index in [9.17, 15) is 4.39 Å². The van der Waals surface area contributed by atoms with Gasteiger partial charge in [-0.2, -0.15) is 5.26 Å². The number of nitrogens with two attached hydrogens (primary N) is 1. The van der Waals surface area contributed by atoms with Crippen molar-refractivity contribution in [1.82, 2.24) is 0 Å². The molecule has 3 nitrogen and oxygen atoms in total. The average molecular weight is 326 g/mol. The molecule has 0 aliphatic carbocycles. The Balaban J connectivity index is 2.40. The molecule has 2 atom stereocenters. The van der Waals surface area contributed by atoms with E-state index in [4.69, 9.17) is 11.0 Å². The van der Waals surface area contributed by atoms with Gasteiger partial charge in [-0.05, 0) is 54.2 Å². The Morgan fingerprint density at radius 1 is 1.53 bits per heavy atom. The summed E-state index contributed by atoms with van der Waals surface area (Å²) in [5.41, 5.74) is 6.86. The summed E-state index contributed by atoms with van der Waals surface area (Å²) in [5.74, 6) is -0.369. The van der Waals surface area contributed by atoms with Crippen LogP contribution in [0.4, 0.5) is 10.1 Å². The van der Waals surface area contributed by atoms with Crippen LogP contribution in [0, 0.1) is 17.1 Å². The summed E-state index contributed by atoms with van der Waals surface area (Å²) >= 11 is 3.16. The van der Waals surface area contributed by atoms with E-state index in [0.29, 0.717) is 11.3 Å². The second-order valence-corrected chi connectivity index (χ2v) is 5.78. The van der Waals surface area contributed by atoms with Crippen LogP contribution in [0.3, 0.4) is 0 Å². The molecule has 2 rings (SSSR count). The second kappa shape index (κ2) is 5.89. The van der Waals surface area contributed by atoms with Gasteiger partial charge in [0.15, 0.2) is 5.82 Å². The van der Waals surface area contributed by atoms with E-state index < -0.39 is 0 Å². The summed E-state index contributed by atoms with van der Waals surface area (Å²) in [6.07, 6.45) is 3.15. The predicted molar refractivity (Wildman–Crippen MR) is 77.4 cm³/mol. The second-order valence-electron chi connectivity index (χ2n) is 4.99. The molecule has 1 aliphatic heterocycles. The third kappa shape index (κ3) is 2.75. The highest BCUT2D eigenvalue weighted by molar-refractivity contribution is 9.10. The Bertz CT molecular complexity index is 510. The first-order valence-electron chi connectivity index (χ1n) is 6.46. The smallest absolute Gasteiger partial charge is 0.161 e. The van der Waals surface area contributed by atoms with E-state index in [2.05, 4.69) is 15.9 Å². The first-order chi connectivity index (χ1) is 9.06. The minimum Gasteiger partial charge on any atom is -0.365 e. The van der Waals surface area contributed by atoms with Gasteiger partial charge in [0.1, 0.15) is 6.07 Å². The normalized spacial score (nSPS) is 21.0. The van der Waals surface area contributed by atoms with Crippen molar-refractivity contribution < 1.29 is 4.39 Å². The molecule has 2 unspecified atom stereocenters. The SMILES string of the molecule is CC(N)C1CCCCN1c1ccc(C#N)c(Br)c1F. The predicted octanol–water partition coefficient (Wildman–Crippen LogP) is 3.17. The molecule has 1 saturated heterocycles. The third-order valence-corrected chi connectivity index (χ3v) is 4.42. The zero-order valence-corrected chi connectivity index (χ0v) is 12.5. The summed E-state index contributed by atoms with van der Waals surface area (Å²) in [5, 5.41) is 8.90. The van der Waals surface area contributed by atoms with Gasteiger partial charge in [0.05, 0.1) is 15.7 Å². The molecule has 1 aromatic carbocycles. The highest BCUT2D eigenvalue weighted by atomic mass is 79.9. The molecule has 1 aromatic rings. The Hall–Kier alpha value is -1.12. The van der Waals surface area contributed by atoms with E-state index >= 15 is 0 Å². The van der Waals surface area contributed by atoms with Crippen LogP contribution in [-0.2, 0) is 0 Å². The van der Waals surface area contributed by atoms with Gasteiger partial charge in [0, 0.05) is 18.6 Å². The zero-order chi connectivity index (χ0) is 14.0. The topological polar surface area (TPSA) is 53.0 Å². The van der Waals surface area contributed by atoms with Gasteiger partial charge in [-0.3, -0.25) is 0 Å².